The fourth-order valence-corrected chi connectivity index (χ4v) is 6.93. The van der Waals surface area contributed by atoms with Gasteiger partial charge in [0.15, 0.2) is 8.32 Å². The maximum Gasteiger partial charge on any atom is 0.186 e. The zero-order chi connectivity index (χ0) is 24.4. The first kappa shape index (κ1) is 25.4. The van der Waals surface area contributed by atoms with E-state index in [2.05, 4.69) is 77.0 Å². The number of phenolic OH excluding ortho intramolecular Hbond substituents is 1. The summed E-state index contributed by atoms with van der Waals surface area (Å²) in [5.74, 6) is 0.279. The molecule has 0 amide bonds. The van der Waals surface area contributed by atoms with Crippen LogP contribution in [0.2, 0.25) is 19.1 Å². The highest BCUT2D eigenvalue weighted by Crippen LogP contribution is 2.40. The van der Waals surface area contributed by atoms with Gasteiger partial charge in [-0.1, -0.05) is 52.8 Å². The van der Waals surface area contributed by atoms with Crippen LogP contribution in [0.25, 0.3) is 16.7 Å². The van der Waals surface area contributed by atoms with Crippen LogP contribution < -0.4 is 0 Å². The highest BCUT2D eigenvalue weighted by Gasteiger charge is 2.30. The van der Waals surface area contributed by atoms with Crippen LogP contribution in [0.4, 0.5) is 0 Å². The van der Waals surface area contributed by atoms with E-state index in [9.17, 15) is 5.11 Å². The molecule has 0 aliphatic heterocycles. The molecule has 2 aromatic carbocycles. The first-order valence-electron chi connectivity index (χ1n) is 12.1. The second-order valence-electron chi connectivity index (χ2n) is 11.6. The maximum atomic E-state index is 11.3. The number of phenols is 1. The monoisotopic (exact) mass is 467 g/mol. The van der Waals surface area contributed by atoms with Gasteiger partial charge in [-0.3, -0.25) is 0 Å². The van der Waals surface area contributed by atoms with Gasteiger partial charge in [-0.15, -0.1) is 15.0 Å². The summed E-state index contributed by atoms with van der Waals surface area (Å²) in [6.07, 6.45) is 2.83. The highest BCUT2D eigenvalue weighted by atomic mass is 28.4. The Morgan fingerprint density at radius 2 is 1.61 bits per heavy atom. The van der Waals surface area contributed by atoms with E-state index >= 15 is 0 Å². The van der Waals surface area contributed by atoms with Crippen molar-refractivity contribution < 1.29 is 9.53 Å². The van der Waals surface area contributed by atoms with Crippen LogP contribution in [0.15, 0.2) is 36.4 Å². The summed E-state index contributed by atoms with van der Waals surface area (Å²) >= 11 is 0. The Kier molecular flexibility index (Phi) is 7.39. The van der Waals surface area contributed by atoms with Gasteiger partial charge in [0.2, 0.25) is 0 Å². The van der Waals surface area contributed by atoms with E-state index in [1.807, 2.05) is 24.3 Å². The van der Waals surface area contributed by atoms with Crippen molar-refractivity contribution >= 4 is 19.4 Å². The van der Waals surface area contributed by atoms with Crippen LogP contribution in [-0.4, -0.2) is 35.0 Å². The molecule has 3 aromatic rings. The number of hydrogen-bond donors (Lipinski definition) is 1. The third kappa shape index (κ3) is 6.45. The molecule has 6 heteroatoms. The zero-order valence-electron chi connectivity index (χ0n) is 21.7. The van der Waals surface area contributed by atoms with Crippen LogP contribution in [0.3, 0.4) is 0 Å². The summed E-state index contributed by atoms with van der Waals surface area (Å²) in [5, 5.41) is 20.6. The number of benzene rings is 2. The Balaban J connectivity index is 2.03. The summed E-state index contributed by atoms with van der Waals surface area (Å²) < 4.78 is 6.01. The lowest BCUT2D eigenvalue weighted by atomic mass is 9.72. The summed E-state index contributed by atoms with van der Waals surface area (Å²) in [5.41, 5.74) is 4.61. The van der Waals surface area contributed by atoms with Crippen LogP contribution in [0.5, 0.6) is 5.75 Å². The van der Waals surface area contributed by atoms with Crippen molar-refractivity contribution in [3.05, 3.63) is 47.5 Å². The average molecular weight is 468 g/mol. The smallest absolute Gasteiger partial charge is 0.186 e. The lowest BCUT2D eigenvalue weighted by molar-refractivity contribution is 0.283. The van der Waals surface area contributed by atoms with Gasteiger partial charge in [-0.2, -0.15) is 0 Å². The standard InChI is InChI=1S/C27H41N3O2Si/c1-9-32-33(7,8)16-12-13-20-17-21(27(5,6)19-26(2,3)4)18-24(25(20)31)30-28-22-14-10-11-15-23(22)29-30/h10-11,14-15,17-18,31H,9,12-13,16,19H2,1-8H3. The van der Waals surface area contributed by atoms with Crippen molar-refractivity contribution in [2.24, 2.45) is 5.41 Å². The minimum absolute atomic E-state index is 0.0542. The van der Waals surface area contributed by atoms with Crippen LogP contribution in [0.1, 0.15) is 65.5 Å². The normalized spacial score (nSPS) is 13.1. The van der Waals surface area contributed by atoms with Gasteiger partial charge in [0, 0.05) is 6.61 Å². The summed E-state index contributed by atoms with van der Waals surface area (Å²) in [7, 11) is -1.67. The topological polar surface area (TPSA) is 60.2 Å². The predicted octanol–water partition coefficient (Wildman–Crippen LogP) is 7.01. The second kappa shape index (κ2) is 9.59. The first-order valence-corrected chi connectivity index (χ1v) is 15.3. The number of aromatic hydroxyl groups is 1. The minimum Gasteiger partial charge on any atom is -0.505 e. The molecular formula is C27H41N3O2Si. The quantitative estimate of drug-likeness (QED) is 0.344. The van der Waals surface area contributed by atoms with Gasteiger partial charge in [0.1, 0.15) is 22.5 Å². The summed E-state index contributed by atoms with van der Waals surface area (Å²) in [4.78, 5) is 1.60. The van der Waals surface area contributed by atoms with Gasteiger partial charge in [-0.05, 0) is 85.5 Å². The molecule has 0 spiro atoms. The van der Waals surface area contributed by atoms with Gasteiger partial charge in [0.25, 0.3) is 0 Å². The number of aryl methyl sites for hydroxylation is 1. The van der Waals surface area contributed by atoms with Gasteiger partial charge in [-0.25, -0.2) is 0 Å². The van der Waals surface area contributed by atoms with Crippen molar-refractivity contribution in [3.63, 3.8) is 0 Å². The van der Waals surface area contributed by atoms with Crippen molar-refractivity contribution in [2.45, 2.75) is 85.4 Å². The van der Waals surface area contributed by atoms with Crippen LogP contribution >= 0.6 is 0 Å². The summed E-state index contributed by atoms with van der Waals surface area (Å²) in [6, 6.07) is 13.1. The lowest BCUT2D eigenvalue weighted by Gasteiger charge is -2.33. The van der Waals surface area contributed by atoms with Crippen molar-refractivity contribution in [1.82, 2.24) is 15.0 Å². The van der Waals surface area contributed by atoms with E-state index in [1.54, 1.807) is 4.80 Å². The minimum atomic E-state index is -1.67. The van der Waals surface area contributed by atoms with Crippen molar-refractivity contribution in [1.29, 1.82) is 0 Å². The molecule has 0 saturated carbocycles. The molecule has 3 rings (SSSR count). The molecule has 1 heterocycles. The van der Waals surface area contributed by atoms with E-state index < -0.39 is 8.32 Å². The van der Waals surface area contributed by atoms with Crippen molar-refractivity contribution in [3.8, 4) is 11.4 Å². The molecule has 0 saturated heterocycles. The van der Waals surface area contributed by atoms with Gasteiger partial charge >= 0.3 is 0 Å². The second-order valence-corrected chi connectivity index (χ2v) is 16.0. The highest BCUT2D eigenvalue weighted by molar-refractivity contribution is 6.71. The Morgan fingerprint density at radius 1 is 1.00 bits per heavy atom. The Hall–Kier alpha value is -2.18. The van der Waals surface area contributed by atoms with E-state index in [-0.39, 0.29) is 16.6 Å². The molecule has 1 aromatic heterocycles. The van der Waals surface area contributed by atoms with E-state index in [0.717, 1.165) is 48.5 Å². The average Bonchev–Trinajstić information content (AvgIpc) is 3.11. The molecule has 0 aliphatic rings. The number of fused-ring (bicyclic) bond motifs is 1. The van der Waals surface area contributed by atoms with E-state index in [0.29, 0.717) is 5.69 Å². The first-order chi connectivity index (χ1) is 15.3. The Bertz CT molecular complexity index is 1060. The molecule has 33 heavy (non-hydrogen) atoms. The zero-order valence-corrected chi connectivity index (χ0v) is 22.7. The molecule has 0 atom stereocenters. The summed E-state index contributed by atoms with van der Waals surface area (Å²) in [6.45, 7) is 18.8. The molecule has 0 bridgehead atoms. The molecule has 180 valence electrons. The predicted molar refractivity (Wildman–Crippen MR) is 140 cm³/mol. The largest absolute Gasteiger partial charge is 0.505 e. The third-order valence-electron chi connectivity index (χ3n) is 6.18. The van der Waals surface area contributed by atoms with Crippen molar-refractivity contribution in [2.75, 3.05) is 6.61 Å². The molecule has 0 radical (unpaired) electrons. The number of nitrogens with zero attached hydrogens (tertiary/aromatic N) is 3. The Labute approximate surface area is 200 Å². The van der Waals surface area contributed by atoms with Gasteiger partial charge in [0.05, 0.1) is 0 Å². The van der Waals surface area contributed by atoms with Gasteiger partial charge < -0.3 is 9.53 Å². The third-order valence-corrected chi connectivity index (χ3v) is 8.81. The van der Waals surface area contributed by atoms with Crippen LogP contribution in [0, 0.1) is 5.41 Å². The number of hydrogen-bond acceptors (Lipinski definition) is 4. The fourth-order valence-electron chi connectivity index (χ4n) is 4.97. The molecular weight excluding hydrogens is 426 g/mol. The Morgan fingerprint density at radius 3 is 2.15 bits per heavy atom. The maximum absolute atomic E-state index is 11.3. The SMILES string of the molecule is CCO[Si](C)(C)CCCc1cc(C(C)(C)CC(C)(C)C)cc(-n2nc3ccccc3n2)c1O. The van der Waals surface area contributed by atoms with E-state index in [4.69, 9.17) is 4.43 Å². The molecule has 1 N–H and O–H groups in total. The lowest BCUT2D eigenvalue weighted by Crippen LogP contribution is -2.30. The molecule has 0 fully saturated rings. The fraction of sp³-hybridized carbons (Fsp3) is 0.556. The number of aromatic nitrogens is 3. The van der Waals surface area contributed by atoms with Crippen LogP contribution in [-0.2, 0) is 16.3 Å². The molecule has 0 aliphatic carbocycles. The van der Waals surface area contributed by atoms with E-state index in [1.165, 1.54) is 5.56 Å². The molecule has 5 nitrogen and oxygen atoms in total. The number of rotatable bonds is 9. The molecule has 0 unspecified atom stereocenters.